The van der Waals surface area contributed by atoms with Gasteiger partial charge in [0.05, 0.1) is 11.0 Å². The molecule has 0 radical (unpaired) electrons. The molecule has 1 aromatic rings. The van der Waals surface area contributed by atoms with Crippen LogP contribution in [0.5, 0.6) is 0 Å². The van der Waals surface area contributed by atoms with E-state index in [0.717, 1.165) is 0 Å². The highest BCUT2D eigenvalue weighted by Gasteiger charge is 2.38. The summed E-state index contributed by atoms with van der Waals surface area (Å²) in [5.41, 5.74) is -0.514. The molecule has 20 heavy (non-hydrogen) atoms. The van der Waals surface area contributed by atoms with Gasteiger partial charge in [-0.15, -0.1) is 0 Å². The largest absolute Gasteiger partial charge is 0.481 e. The molecule has 1 saturated heterocycles. The third-order valence-electron chi connectivity index (χ3n) is 3.83. The van der Waals surface area contributed by atoms with Gasteiger partial charge in [-0.2, -0.15) is 0 Å². The van der Waals surface area contributed by atoms with Crippen molar-refractivity contribution in [2.24, 2.45) is 5.41 Å². The zero-order valence-electron chi connectivity index (χ0n) is 11.0. The maximum absolute atomic E-state index is 13.2. The number of carboxylic acids is 1. The Bertz CT molecular complexity index is 553. The maximum Gasteiger partial charge on any atom is 0.309 e. The van der Waals surface area contributed by atoms with Crippen LogP contribution in [0.25, 0.3) is 0 Å². The number of carbonyl (C=O) groups excluding carboxylic acids is 1. The van der Waals surface area contributed by atoms with Crippen LogP contribution in [0.3, 0.4) is 0 Å². The summed E-state index contributed by atoms with van der Waals surface area (Å²) in [4.78, 5) is 25.1. The average Bonchev–Trinajstić information content (AvgIpc) is 2.41. The molecule has 1 heterocycles. The number of carboxylic acid groups (broad SMARTS) is 1. The monoisotopic (exact) mass is 343 g/mol. The molecule has 0 bridgehead atoms. The third kappa shape index (κ3) is 2.85. The lowest BCUT2D eigenvalue weighted by atomic mass is 9.80. The number of likely N-dealkylation sites (tertiary alicyclic amines) is 1. The number of aliphatic carboxylic acids is 1. The van der Waals surface area contributed by atoms with E-state index in [2.05, 4.69) is 15.9 Å². The van der Waals surface area contributed by atoms with Crippen LogP contribution in [-0.2, 0) is 4.79 Å². The van der Waals surface area contributed by atoms with Crippen LogP contribution >= 0.6 is 15.9 Å². The standard InChI is InChI=1S/C14H15BrFNO3/c1-14(13(19)20)4-6-17(7-5-14)12(18)10-8-9(16)2-3-11(10)15/h2-3,8H,4-7H2,1H3,(H,19,20). The molecule has 1 fully saturated rings. The minimum Gasteiger partial charge on any atom is -0.481 e. The summed E-state index contributed by atoms with van der Waals surface area (Å²) in [5, 5.41) is 9.16. The van der Waals surface area contributed by atoms with Gasteiger partial charge < -0.3 is 10.0 Å². The molecule has 1 aliphatic rings. The molecule has 2 rings (SSSR count). The average molecular weight is 344 g/mol. The molecule has 0 atom stereocenters. The molecule has 1 N–H and O–H groups in total. The van der Waals surface area contributed by atoms with Crippen molar-refractivity contribution < 1.29 is 19.1 Å². The van der Waals surface area contributed by atoms with E-state index < -0.39 is 17.2 Å². The number of nitrogens with zero attached hydrogens (tertiary/aromatic N) is 1. The highest BCUT2D eigenvalue weighted by molar-refractivity contribution is 9.10. The van der Waals surface area contributed by atoms with Crippen LogP contribution in [0.2, 0.25) is 0 Å². The predicted molar refractivity (Wildman–Crippen MR) is 75.0 cm³/mol. The first-order chi connectivity index (χ1) is 9.33. The SMILES string of the molecule is CC1(C(=O)O)CCN(C(=O)c2cc(F)ccc2Br)CC1. The van der Waals surface area contributed by atoms with Gasteiger partial charge in [0.1, 0.15) is 5.82 Å². The molecule has 108 valence electrons. The van der Waals surface area contributed by atoms with Crippen molar-refractivity contribution in [3.8, 4) is 0 Å². The van der Waals surface area contributed by atoms with Crippen molar-refractivity contribution in [2.45, 2.75) is 19.8 Å². The van der Waals surface area contributed by atoms with Gasteiger partial charge in [0.25, 0.3) is 5.91 Å². The fourth-order valence-corrected chi connectivity index (χ4v) is 2.67. The Morgan fingerprint density at radius 2 is 1.95 bits per heavy atom. The Balaban J connectivity index is 2.13. The zero-order valence-corrected chi connectivity index (χ0v) is 12.6. The Morgan fingerprint density at radius 3 is 2.50 bits per heavy atom. The lowest BCUT2D eigenvalue weighted by Gasteiger charge is -2.36. The molecule has 1 aliphatic heterocycles. The molecule has 4 nitrogen and oxygen atoms in total. The highest BCUT2D eigenvalue weighted by atomic mass is 79.9. The van der Waals surface area contributed by atoms with E-state index >= 15 is 0 Å². The fourth-order valence-electron chi connectivity index (χ4n) is 2.25. The van der Waals surface area contributed by atoms with Crippen molar-refractivity contribution in [2.75, 3.05) is 13.1 Å². The van der Waals surface area contributed by atoms with E-state index in [-0.39, 0.29) is 11.5 Å². The van der Waals surface area contributed by atoms with Crippen molar-refractivity contribution in [1.29, 1.82) is 0 Å². The molecule has 0 saturated carbocycles. The van der Waals surface area contributed by atoms with Gasteiger partial charge in [0.15, 0.2) is 0 Å². The van der Waals surface area contributed by atoms with Crippen LogP contribution < -0.4 is 0 Å². The van der Waals surface area contributed by atoms with Crippen LogP contribution in [0.15, 0.2) is 22.7 Å². The predicted octanol–water partition coefficient (Wildman–Crippen LogP) is 2.92. The Kier molecular flexibility index (Phi) is 4.13. The minimum atomic E-state index is -0.837. The second-order valence-corrected chi connectivity index (χ2v) is 6.14. The lowest BCUT2D eigenvalue weighted by Crippen LogP contribution is -2.45. The van der Waals surface area contributed by atoms with Crippen molar-refractivity contribution >= 4 is 27.8 Å². The molecule has 6 heteroatoms. The van der Waals surface area contributed by atoms with Crippen LogP contribution in [-0.4, -0.2) is 35.0 Å². The Morgan fingerprint density at radius 1 is 1.35 bits per heavy atom. The molecule has 0 unspecified atom stereocenters. The number of carbonyl (C=O) groups is 2. The Labute approximate surface area is 124 Å². The second-order valence-electron chi connectivity index (χ2n) is 5.28. The topological polar surface area (TPSA) is 57.6 Å². The molecular weight excluding hydrogens is 329 g/mol. The summed E-state index contributed by atoms with van der Waals surface area (Å²) in [6.07, 6.45) is 0.808. The summed E-state index contributed by atoms with van der Waals surface area (Å²) < 4.78 is 13.8. The second kappa shape index (κ2) is 5.52. The van der Waals surface area contributed by atoms with Crippen molar-refractivity contribution in [3.05, 3.63) is 34.1 Å². The minimum absolute atomic E-state index is 0.268. The molecule has 1 amide bonds. The quantitative estimate of drug-likeness (QED) is 0.898. The number of piperidine rings is 1. The first-order valence-electron chi connectivity index (χ1n) is 6.31. The lowest BCUT2D eigenvalue weighted by molar-refractivity contribution is -0.150. The van der Waals surface area contributed by atoms with Gasteiger partial charge in [-0.1, -0.05) is 0 Å². The smallest absolute Gasteiger partial charge is 0.309 e. The van der Waals surface area contributed by atoms with Crippen LogP contribution in [0, 0.1) is 11.2 Å². The van der Waals surface area contributed by atoms with Gasteiger partial charge in [0, 0.05) is 17.6 Å². The summed E-state index contributed by atoms with van der Waals surface area (Å²) in [6.45, 7) is 2.42. The van der Waals surface area contributed by atoms with E-state index in [4.69, 9.17) is 5.11 Å². The fraction of sp³-hybridized carbons (Fsp3) is 0.429. The first-order valence-corrected chi connectivity index (χ1v) is 7.10. The number of rotatable bonds is 2. The highest BCUT2D eigenvalue weighted by Crippen LogP contribution is 2.32. The first kappa shape index (κ1) is 15.0. The number of amides is 1. The number of benzene rings is 1. The van der Waals surface area contributed by atoms with Gasteiger partial charge in [0.2, 0.25) is 0 Å². The zero-order chi connectivity index (χ0) is 14.9. The van der Waals surface area contributed by atoms with Gasteiger partial charge >= 0.3 is 5.97 Å². The van der Waals surface area contributed by atoms with Crippen LogP contribution in [0.4, 0.5) is 4.39 Å². The van der Waals surface area contributed by atoms with Crippen molar-refractivity contribution in [1.82, 2.24) is 4.90 Å². The van der Waals surface area contributed by atoms with Gasteiger partial charge in [-0.3, -0.25) is 9.59 Å². The summed E-state index contributed by atoms with van der Waals surface area (Å²) in [6, 6.07) is 3.96. The van der Waals surface area contributed by atoms with E-state index in [9.17, 15) is 14.0 Å². The van der Waals surface area contributed by atoms with Gasteiger partial charge in [-0.25, -0.2) is 4.39 Å². The molecular formula is C14H15BrFNO3. The van der Waals surface area contributed by atoms with E-state index in [1.54, 1.807) is 11.8 Å². The summed E-state index contributed by atoms with van der Waals surface area (Å²) in [5.74, 6) is -1.58. The molecule has 0 aliphatic carbocycles. The Hall–Kier alpha value is -1.43. The molecule has 0 spiro atoms. The van der Waals surface area contributed by atoms with Crippen molar-refractivity contribution in [3.63, 3.8) is 0 Å². The van der Waals surface area contributed by atoms with E-state index in [1.165, 1.54) is 18.2 Å². The normalized spacial score (nSPS) is 17.9. The van der Waals surface area contributed by atoms with E-state index in [1.807, 2.05) is 0 Å². The maximum atomic E-state index is 13.2. The summed E-state index contributed by atoms with van der Waals surface area (Å²) >= 11 is 3.24. The summed E-state index contributed by atoms with van der Waals surface area (Å²) in [7, 11) is 0. The van der Waals surface area contributed by atoms with Crippen LogP contribution in [0.1, 0.15) is 30.1 Å². The number of hydrogen-bond donors (Lipinski definition) is 1. The third-order valence-corrected chi connectivity index (χ3v) is 4.52. The van der Waals surface area contributed by atoms with E-state index in [0.29, 0.717) is 30.4 Å². The molecule has 1 aromatic carbocycles. The van der Waals surface area contributed by atoms with Gasteiger partial charge in [-0.05, 0) is 53.9 Å². The molecule has 0 aromatic heterocycles. The number of hydrogen-bond acceptors (Lipinski definition) is 2. The number of halogens is 2.